The number of nitrogens with zero attached hydrogens (tertiary/aromatic N) is 1. The Labute approximate surface area is 144 Å². The van der Waals surface area contributed by atoms with Gasteiger partial charge in [-0.05, 0) is 36.5 Å². The van der Waals surface area contributed by atoms with Gasteiger partial charge in [0.25, 0.3) is 0 Å². The third kappa shape index (κ3) is 2.97. The summed E-state index contributed by atoms with van der Waals surface area (Å²) in [6.45, 7) is 1.32. The van der Waals surface area contributed by atoms with E-state index in [1.807, 2.05) is 48.5 Å². The molecular formula is C20H24NO2P. The molecule has 0 bridgehead atoms. The van der Waals surface area contributed by atoms with E-state index in [2.05, 4.69) is 16.8 Å². The van der Waals surface area contributed by atoms with Crippen molar-refractivity contribution in [2.45, 2.75) is 38.3 Å². The van der Waals surface area contributed by atoms with Gasteiger partial charge in [-0.3, -0.25) is 4.57 Å². The minimum Gasteiger partial charge on any atom is -0.314 e. The molecule has 0 radical (unpaired) electrons. The average molecular weight is 341 g/mol. The Balaban J connectivity index is 1.72. The lowest BCUT2D eigenvalue weighted by Crippen LogP contribution is -2.48. The summed E-state index contributed by atoms with van der Waals surface area (Å²) in [5.41, 5.74) is 1.20. The van der Waals surface area contributed by atoms with Crippen LogP contribution in [0.3, 0.4) is 0 Å². The summed E-state index contributed by atoms with van der Waals surface area (Å²) in [7, 11) is -3.00. The van der Waals surface area contributed by atoms with Gasteiger partial charge in [-0.2, -0.15) is 0 Å². The average Bonchev–Trinajstić information content (AvgIpc) is 2.66. The molecule has 1 heterocycles. The quantitative estimate of drug-likeness (QED) is 0.765. The molecule has 3 nitrogen and oxygen atoms in total. The molecule has 2 aromatic rings. The number of benzene rings is 2. The second-order valence-corrected chi connectivity index (χ2v) is 9.18. The van der Waals surface area contributed by atoms with E-state index in [0.29, 0.717) is 25.1 Å². The summed E-state index contributed by atoms with van der Waals surface area (Å²) in [6, 6.07) is 20.5. The highest BCUT2D eigenvalue weighted by Gasteiger charge is 2.46. The molecule has 0 spiro atoms. The van der Waals surface area contributed by atoms with Crippen LogP contribution in [0.2, 0.25) is 0 Å². The predicted molar refractivity (Wildman–Crippen MR) is 97.4 cm³/mol. The highest BCUT2D eigenvalue weighted by Crippen LogP contribution is 2.58. The molecule has 1 saturated heterocycles. The summed E-state index contributed by atoms with van der Waals surface area (Å²) in [5, 5.41) is 0.824. The van der Waals surface area contributed by atoms with Crippen LogP contribution in [0.25, 0.3) is 0 Å². The Bertz CT molecular complexity index is 719. The summed E-state index contributed by atoms with van der Waals surface area (Å²) in [4.78, 5) is 0. The Hall–Kier alpha value is -1.41. The van der Waals surface area contributed by atoms with Crippen LogP contribution < -0.4 is 5.30 Å². The topological polar surface area (TPSA) is 29.5 Å². The Kier molecular flexibility index (Phi) is 4.58. The van der Waals surface area contributed by atoms with Crippen molar-refractivity contribution >= 4 is 12.8 Å². The third-order valence-electron chi connectivity index (χ3n) is 5.32. The monoisotopic (exact) mass is 341 g/mol. The molecule has 2 fully saturated rings. The van der Waals surface area contributed by atoms with E-state index in [1.165, 1.54) is 24.8 Å². The summed E-state index contributed by atoms with van der Waals surface area (Å²) in [6.07, 6.45) is 4.79. The van der Waals surface area contributed by atoms with Gasteiger partial charge in [0.2, 0.25) is 0 Å². The van der Waals surface area contributed by atoms with Gasteiger partial charge >= 0.3 is 7.52 Å². The van der Waals surface area contributed by atoms with E-state index in [9.17, 15) is 4.57 Å². The standard InChI is InChI=1S/C20H24NO2P/c22-24(19-12-5-2-6-13-19)21(15-17-9-3-1-4-10-17)20-14-8-7-11-18(20)16-23-24/h1-6,9-10,12-13,18,20H,7-8,11,14-16H2/t18-,20-,24?/m1/s1. The molecule has 0 N–H and O–H groups in total. The van der Waals surface area contributed by atoms with Crippen LogP contribution in [0.4, 0.5) is 0 Å². The van der Waals surface area contributed by atoms with Crippen LogP contribution >= 0.6 is 7.52 Å². The molecule has 1 saturated carbocycles. The van der Waals surface area contributed by atoms with Crippen molar-refractivity contribution in [1.29, 1.82) is 0 Å². The first-order chi connectivity index (χ1) is 11.8. The van der Waals surface area contributed by atoms with Crippen LogP contribution in [-0.2, 0) is 15.6 Å². The summed E-state index contributed by atoms with van der Waals surface area (Å²) in [5.74, 6) is 0.508. The molecule has 1 unspecified atom stereocenters. The molecular weight excluding hydrogens is 317 g/mol. The van der Waals surface area contributed by atoms with Crippen molar-refractivity contribution in [1.82, 2.24) is 4.67 Å². The van der Waals surface area contributed by atoms with E-state index >= 15 is 0 Å². The van der Waals surface area contributed by atoms with Crippen LogP contribution in [0.5, 0.6) is 0 Å². The normalized spacial score (nSPS) is 30.7. The second kappa shape index (κ2) is 6.84. The van der Waals surface area contributed by atoms with Gasteiger partial charge in [0.15, 0.2) is 0 Å². The lowest BCUT2D eigenvalue weighted by Gasteiger charge is -2.47. The maximum absolute atomic E-state index is 13.9. The molecule has 0 amide bonds. The number of hydrogen-bond acceptors (Lipinski definition) is 2. The van der Waals surface area contributed by atoms with Gasteiger partial charge < -0.3 is 4.52 Å². The first-order valence-corrected chi connectivity index (χ1v) is 10.5. The molecule has 4 heteroatoms. The van der Waals surface area contributed by atoms with Crippen LogP contribution in [0.15, 0.2) is 60.7 Å². The van der Waals surface area contributed by atoms with Gasteiger partial charge in [-0.15, -0.1) is 0 Å². The van der Waals surface area contributed by atoms with E-state index in [4.69, 9.17) is 4.52 Å². The van der Waals surface area contributed by atoms with Gasteiger partial charge in [0.05, 0.1) is 11.9 Å². The maximum atomic E-state index is 13.9. The summed E-state index contributed by atoms with van der Waals surface area (Å²) >= 11 is 0. The second-order valence-electron chi connectivity index (χ2n) is 6.85. The van der Waals surface area contributed by atoms with Crippen LogP contribution in [0.1, 0.15) is 31.2 Å². The molecule has 4 rings (SSSR count). The van der Waals surface area contributed by atoms with Gasteiger partial charge in [0.1, 0.15) is 0 Å². The Morgan fingerprint density at radius 3 is 2.38 bits per heavy atom. The SMILES string of the molecule is O=P1(c2ccccc2)OC[C@H]2CCCC[C@H]2N1Cc1ccccc1. The lowest BCUT2D eigenvalue weighted by molar-refractivity contribution is 0.0669. The zero-order chi connectivity index (χ0) is 16.4. The number of rotatable bonds is 3. The van der Waals surface area contributed by atoms with Crippen molar-refractivity contribution < 1.29 is 9.09 Å². The fraction of sp³-hybridized carbons (Fsp3) is 0.400. The molecule has 2 aliphatic rings. The van der Waals surface area contributed by atoms with Crippen molar-refractivity contribution in [3.05, 3.63) is 66.2 Å². The Morgan fingerprint density at radius 2 is 1.62 bits per heavy atom. The Morgan fingerprint density at radius 1 is 0.958 bits per heavy atom. The molecule has 126 valence electrons. The fourth-order valence-electron chi connectivity index (χ4n) is 4.06. The molecule has 24 heavy (non-hydrogen) atoms. The molecule has 3 atom stereocenters. The highest BCUT2D eigenvalue weighted by molar-refractivity contribution is 7.64. The van der Waals surface area contributed by atoms with Gasteiger partial charge in [-0.25, -0.2) is 4.67 Å². The third-order valence-corrected chi connectivity index (χ3v) is 7.89. The van der Waals surface area contributed by atoms with Crippen molar-refractivity contribution in [3.63, 3.8) is 0 Å². The minimum absolute atomic E-state index is 0.360. The molecule has 0 aromatic heterocycles. The van der Waals surface area contributed by atoms with Crippen molar-refractivity contribution in [2.75, 3.05) is 6.61 Å². The van der Waals surface area contributed by atoms with Gasteiger partial charge in [0, 0.05) is 12.6 Å². The highest BCUT2D eigenvalue weighted by atomic mass is 31.2. The smallest absolute Gasteiger partial charge is 0.302 e. The lowest BCUT2D eigenvalue weighted by atomic mass is 9.85. The number of fused-ring (bicyclic) bond motifs is 1. The fourth-order valence-corrected chi connectivity index (χ4v) is 6.64. The zero-order valence-electron chi connectivity index (χ0n) is 13.9. The minimum atomic E-state index is -3.00. The zero-order valence-corrected chi connectivity index (χ0v) is 14.8. The summed E-state index contributed by atoms with van der Waals surface area (Å²) < 4.78 is 22.2. The molecule has 1 aliphatic heterocycles. The van der Waals surface area contributed by atoms with Gasteiger partial charge in [-0.1, -0.05) is 61.4 Å². The molecule has 2 aromatic carbocycles. The van der Waals surface area contributed by atoms with E-state index in [-0.39, 0.29) is 0 Å². The molecule has 1 aliphatic carbocycles. The first-order valence-electron chi connectivity index (χ1n) is 8.88. The van der Waals surface area contributed by atoms with Crippen molar-refractivity contribution in [2.24, 2.45) is 5.92 Å². The maximum Gasteiger partial charge on any atom is 0.302 e. The van der Waals surface area contributed by atoms with E-state index in [1.54, 1.807) is 0 Å². The first kappa shape index (κ1) is 16.1. The van der Waals surface area contributed by atoms with Crippen molar-refractivity contribution in [3.8, 4) is 0 Å². The number of hydrogen-bond donors (Lipinski definition) is 0. The largest absolute Gasteiger partial charge is 0.314 e. The van der Waals surface area contributed by atoms with E-state index in [0.717, 1.165) is 11.7 Å². The van der Waals surface area contributed by atoms with Crippen LogP contribution in [0, 0.1) is 5.92 Å². The van der Waals surface area contributed by atoms with E-state index < -0.39 is 7.52 Å². The predicted octanol–water partition coefficient (Wildman–Crippen LogP) is 4.60. The van der Waals surface area contributed by atoms with Crippen LogP contribution in [-0.4, -0.2) is 17.3 Å².